The van der Waals surface area contributed by atoms with Crippen LogP contribution in [0.15, 0.2) is 23.8 Å². The number of alkyl halides is 2. The average molecular weight is 801 g/mol. The van der Waals surface area contributed by atoms with Crippen LogP contribution in [0.3, 0.4) is 0 Å². The van der Waals surface area contributed by atoms with Crippen LogP contribution in [0.2, 0.25) is 0 Å². The highest BCUT2D eigenvalue weighted by Gasteiger charge is 2.76. The maximum atomic E-state index is 14.4. The van der Waals surface area contributed by atoms with Gasteiger partial charge in [-0.25, -0.2) is 0 Å². The van der Waals surface area contributed by atoms with Crippen LogP contribution in [0.1, 0.15) is 72.6 Å². The highest BCUT2D eigenvalue weighted by Crippen LogP contribution is 2.72. The van der Waals surface area contributed by atoms with E-state index in [0.717, 1.165) is 5.57 Å². The lowest BCUT2D eigenvalue weighted by molar-refractivity contribution is -0.203. The maximum Gasteiger partial charge on any atom is 0.306 e. The monoisotopic (exact) mass is 799 g/mol. The van der Waals surface area contributed by atoms with Crippen LogP contribution < -0.4 is 16.0 Å². The van der Waals surface area contributed by atoms with E-state index < -0.39 is 101 Å². The molecule has 4 rings (SSSR count). The zero-order valence-electron chi connectivity index (χ0n) is 29.2. The fourth-order valence-corrected chi connectivity index (χ4v) is 9.88. The van der Waals surface area contributed by atoms with Crippen molar-refractivity contribution in [1.82, 2.24) is 16.0 Å². The lowest BCUT2D eigenvalue weighted by atomic mass is 9.45. The Bertz CT molecular complexity index is 1520. The van der Waals surface area contributed by atoms with Crippen LogP contribution in [-0.2, 0) is 43.0 Å². The molecule has 282 valence electrons. The fraction of sp³-hybridized carbons (Fsp3) is 0.686. The first kappa shape index (κ1) is 40.6. The van der Waals surface area contributed by atoms with Crippen molar-refractivity contribution in [2.45, 2.75) is 95.3 Å². The molecule has 0 heterocycles. The van der Waals surface area contributed by atoms with Gasteiger partial charge in [0.1, 0.15) is 19.4 Å². The van der Waals surface area contributed by atoms with Crippen LogP contribution in [0, 0.1) is 28.6 Å². The predicted molar refractivity (Wildman–Crippen MR) is 186 cm³/mol. The number of hydrogen-bond donors (Lipinski definition) is 5. The molecule has 0 aromatic rings. The highest BCUT2D eigenvalue weighted by molar-refractivity contribution is 9.09. The van der Waals surface area contributed by atoms with Crippen LogP contribution in [0.4, 0.5) is 0 Å². The number of hydrogen-bond acceptors (Lipinski definition) is 10. The Morgan fingerprint density at radius 3 is 2.47 bits per heavy atom. The molecule has 3 saturated carbocycles. The number of carboxylic acids is 1. The average Bonchev–Trinajstić information content (AvgIpc) is 3.29. The second-order valence-corrected chi connectivity index (χ2v) is 15.6. The van der Waals surface area contributed by atoms with E-state index in [4.69, 9.17) is 26.2 Å². The van der Waals surface area contributed by atoms with Gasteiger partial charge in [-0.15, -0.1) is 11.6 Å². The van der Waals surface area contributed by atoms with Crippen molar-refractivity contribution in [3.8, 4) is 0 Å². The zero-order chi connectivity index (χ0) is 37.9. The third kappa shape index (κ3) is 7.40. The number of fused-ring (bicyclic) bond motifs is 5. The molecule has 1 unspecified atom stereocenters. The van der Waals surface area contributed by atoms with Crippen molar-refractivity contribution in [2.75, 3.05) is 25.2 Å². The van der Waals surface area contributed by atoms with E-state index >= 15 is 0 Å². The van der Waals surface area contributed by atoms with Gasteiger partial charge in [0.25, 0.3) is 0 Å². The van der Waals surface area contributed by atoms with Gasteiger partial charge in [-0.3, -0.25) is 33.6 Å². The highest BCUT2D eigenvalue weighted by atomic mass is 79.9. The van der Waals surface area contributed by atoms with E-state index in [0.29, 0.717) is 19.3 Å². The topological polar surface area (TPSA) is 214 Å². The second-order valence-electron chi connectivity index (χ2n) is 14.4. The van der Waals surface area contributed by atoms with Crippen LogP contribution in [0.25, 0.3) is 0 Å². The number of aliphatic carboxylic acids is 1. The van der Waals surface area contributed by atoms with Gasteiger partial charge in [-0.05, 0) is 56.1 Å². The van der Waals surface area contributed by atoms with Gasteiger partial charge in [0.15, 0.2) is 11.4 Å². The van der Waals surface area contributed by atoms with Crippen molar-refractivity contribution >= 4 is 68.8 Å². The molecule has 4 aliphatic rings. The summed E-state index contributed by atoms with van der Waals surface area (Å²) in [5, 5.41) is 28.2. The molecule has 0 bridgehead atoms. The number of aliphatic hydroxyl groups is 1. The van der Waals surface area contributed by atoms with E-state index in [1.165, 1.54) is 6.08 Å². The molecule has 3 fully saturated rings. The third-order valence-electron chi connectivity index (χ3n) is 11.6. The number of carbonyl (C=O) groups excluding carboxylic acids is 6. The quantitative estimate of drug-likeness (QED) is 0.0700. The van der Waals surface area contributed by atoms with Gasteiger partial charge in [0.05, 0.1) is 22.9 Å². The Morgan fingerprint density at radius 2 is 1.82 bits per heavy atom. The predicted octanol–water partition coefficient (Wildman–Crippen LogP) is 2.08. The number of rotatable bonds is 15. The lowest BCUT2D eigenvalue weighted by Crippen LogP contribution is -2.69. The minimum absolute atomic E-state index is 0.000864. The SMILES string of the molecule is CCC(=O)O[C@]1(C(=O)COCNC(=O)[C@H](CCC(=O)O)NC(=O)CNC(=O)CBr)[C@@H](C)CC2[C@@H]3CCC4=CC(=O)C=C[C@]4(C)[C@@]3(Cl)[C@@H](O)C[C@@]21C. The molecule has 5 N–H and O–H groups in total. The van der Waals surface area contributed by atoms with Gasteiger partial charge in [0.2, 0.25) is 23.5 Å². The van der Waals surface area contributed by atoms with E-state index in [1.54, 1.807) is 19.1 Å². The summed E-state index contributed by atoms with van der Waals surface area (Å²) in [6, 6.07) is -1.27. The summed E-state index contributed by atoms with van der Waals surface area (Å²) >= 11 is 10.5. The summed E-state index contributed by atoms with van der Waals surface area (Å²) in [5.41, 5.74) is -2.70. The van der Waals surface area contributed by atoms with Crippen LogP contribution in [0.5, 0.6) is 0 Å². The van der Waals surface area contributed by atoms with Crippen molar-refractivity contribution in [3.05, 3.63) is 23.8 Å². The smallest absolute Gasteiger partial charge is 0.306 e. The molecule has 4 aliphatic carbocycles. The first-order valence-electron chi connectivity index (χ1n) is 17.2. The number of carboxylic acid groups (broad SMARTS) is 1. The number of esters is 1. The molecule has 0 spiro atoms. The summed E-state index contributed by atoms with van der Waals surface area (Å²) in [6.45, 7) is 5.74. The van der Waals surface area contributed by atoms with Crippen molar-refractivity contribution in [1.29, 1.82) is 0 Å². The van der Waals surface area contributed by atoms with Gasteiger partial charge in [-0.1, -0.05) is 55.3 Å². The van der Waals surface area contributed by atoms with E-state index in [2.05, 4.69) is 31.9 Å². The Labute approximate surface area is 310 Å². The summed E-state index contributed by atoms with van der Waals surface area (Å²) < 4.78 is 11.8. The van der Waals surface area contributed by atoms with E-state index in [-0.39, 0.29) is 42.2 Å². The summed E-state index contributed by atoms with van der Waals surface area (Å²) in [4.78, 5) is 86.4. The molecule has 14 nitrogen and oxygen atoms in total. The van der Waals surface area contributed by atoms with Crippen molar-refractivity contribution in [2.24, 2.45) is 28.6 Å². The summed E-state index contributed by atoms with van der Waals surface area (Å²) in [5.74, 6) is -5.45. The fourth-order valence-electron chi connectivity index (χ4n) is 9.15. The minimum atomic E-state index is -1.69. The first-order valence-corrected chi connectivity index (χ1v) is 18.7. The number of allylic oxidation sites excluding steroid dienone is 4. The first-order chi connectivity index (χ1) is 23.9. The lowest BCUT2D eigenvalue weighted by Gasteiger charge is -2.64. The Morgan fingerprint density at radius 1 is 1.12 bits per heavy atom. The number of aliphatic hydroxyl groups excluding tert-OH is 1. The van der Waals surface area contributed by atoms with E-state index in [9.17, 15) is 38.7 Å². The van der Waals surface area contributed by atoms with Gasteiger partial charge < -0.3 is 35.6 Å². The number of halogens is 2. The number of Topliss-reactive ketones (excluding diaryl/α,β-unsaturated/α-hetero) is 1. The molecule has 0 saturated heterocycles. The largest absolute Gasteiger partial charge is 0.481 e. The van der Waals surface area contributed by atoms with Gasteiger partial charge >= 0.3 is 11.9 Å². The number of ether oxygens (including phenoxy) is 2. The number of carbonyl (C=O) groups is 7. The molecular formula is C35H47BrClN3O11. The minimum Gasteiger partial charge on any atom is -0.481 e. The normalized spacial score (nSPS) is 34.2. The Hall–Kier alpha value is -3.14. The van der Waals surface area contributed by atoms with Crippen molar-refractivity contribution < 1.29 is 53.2 Å². The van der Waals surface area contributed by atoms with Gasteiger partial charge in [-0.2, -0.15) is 0 Å². The molecule has 16 heteroatoms. The molecular weight excluding hydrogens is 754 g/mol. The van der Waals surface area contributed by atoms with E-state index in [1.807, 2.05) is 20.8 Å². The molecule has 0 aromatic carbocycles. The molecule has 0 aliphatic heterocycles. The Balaban J connectivity index is 1.51. The number of amides is 3. The zero-order valence-corrected chi connectivity index (χ0v) is 31.6. The molecule has 9 atom stereocenters. The van der Waals surface area contributed by atoms with Gasteiger partial charge in [0, 0.05) is 29.6 Å². The standard InChI is InChI=1S/C35H47BrClN3O11/c1-5-30(48)51-35(26(43)17-50-18-39-31(49)24(8-9-29(46)47)40-28(45)16-38-27(44)15-36)19(2)12-23-22-7-6-20-13-21(41)10-11-32(20,3)34(22,37)25(42)14-33(23,35)4/h10-11,13,19,22-25,42H,5-9,12,14-18H2,1-4H3,(H,38,44)(H,39,49)(H,40,45)(H,46,47)/t19-,22-,23?,24-,25-,32-,33-,34-,35-/m0/s1. The molecule has 51 heavy (non-hydrogen) atoms. The summed E-state index contributed by atoms with van der Waals surface area (Å²) in [6.07, 6.45) is 4.69. The number of nitrogens with one attached hydrogen (secondary N) is 3. The van der Waals surface area contributed by atoms with Crippen molar-refractivity contribution in [3.63, 3.8) is 0 Å². The Kier molecular flexibility index (Phi) is 12.6. The van der Waals surface area contributed by atoms with Crippen LogP contribution >= 0.6 is 27.5 Å². The molecule has 0 radical (unpaired) electrons. The molecule has 3 amide bonds. The third-order valence-corrected chi connectivity index (χ3v) is 13.0. The number of ketones is 2. The maximum absolute atomic E-state index is 14.4. The summed E-state index contributed by atoms with van der Waals surface area (Å²) in [7, 11) is 0. The molecule has 0 aromatic heterocycles. The van der Waals surface area contributed by atoms with Crippen LogP contribution in [-0.4, -0.2) is 99.3 Å². The second kappa shape index (κ2) is 15.8.